The zero-order valence-electron chi connectivity index (χ0n) is 15.8. The molecule has 0 fully saturated rings. The molecule has 0 saturated heterocycles. The predicted molar refractivity (Wildman–Crippen MR) is 103 cm³/mol. The lowest BCUT2D eigenvalue weighted by atomic mass is 10.1. The van der Waals surface area contributed by atoms with Crippen molar-refractivity contribution in [2.45, 2.75) is 20.4 Å². The third-order valence-electron chi connectivity index (χ3n) is 3.59. The molecule has 0 aliphatic heterocycles. The molecule has 0 unspecified atom stereocenters. The highest BCUT2D eigenvalue weighted by molar-refractivity contribution is 7.86. The highest BCUT2D eigenvalue weighted by atomic mass is 32.2. The van der Waals surface area contributed by atoms with Gasteiger partial charge in [-0.3, -0.25) is 0 Å². The van der Waals surface area contributed by atoms with Crippen LogP contribution in [0.25, 0.3) is 0 Å². The fourth-order valence-corrected chi connectivity index (χ4v) is 2.94. The smallest absolute Gasteiger partial charge is 0.322 e. The van der Waals surface area contributed by atoms with Crippen LogP contribution in [0.2, 0.25) is 0 Å². The van der Waals surface area contributed by atoms with Crippen LogP contribution >= 0.6 is 0 Å². The van der Waals surface area contributed by atoms with Crippen LogP contribution in [0.5, 0.6) is 5.75 Å². The fraction of sp³-hybridized carbons (Fsp3) is 0.316. The van der Waals surface area contributed by atoms with Crippen molar-refractivity contribution in [2.24, 2.45) is 5.92 Å². The number of rotatable bonds is 7. The number of halogens is 2. The minimum absolute atomic E-state index is 0.148. The molecule has 1 N–H and O–H groups in total. The molecule has 152 valence electrons. The second-order valence-electron chi connectivity index (χ2n) is 6.76. The van der Waals surface area contributed by atoms with E-state index < -0.39 is 27.8 Å². The molecule has 0 atom stereocenters. The molecule has 0 bridgehead atoms. The number of hydrogen-bond acceptors (Lipinski definition) is 4. The zero-order valence-corrected chi connectivity index (χ0v) is 16.6. The number of amides is 2. The maximum Gasteiger partial charge on any atom is 0.322 e. The molecule has 9 heteroatoms. The highest BCUT2D eigenvalue weighted by Crippen LogP contribution is 2.18. The van der Waals surface area contributed by atoms with Gasteiger partial charge in [0, 0.05) is 24.8 Å². The topological polar surface area (TPSA) is 75.7 Å². The lowest BCUT2D eigenvalue weighted by Crippen LogP contribution is -2.37. The van der Waals surface area contributed by atoms with Gasteiger partial charge in [0.2, 0.25) is 0 Å². The van der Waals surface area contributed by atoms with Gasteiger partial charge in [-0.25, -0.2) is 13.6 Å². The van der Waals surface area contributed by atoms with Crippen molar-refractivity contribution in [1.82, 2.24) is 4.90 Å². The van der Waals surface area contributed by atoms with Gasteiger partial charge >= 0.3 is 16.1 Å². The minimum Gasteiger partial charge on any atom is -0.383 e. The van der Waals surface area contributed by atoms with E-state index in [2.05, 4.69) is 5.32 Å². The summed E-state index contributed by atoms with van der Waals surface area (Å²) in [4.78, 5) is 14.1. The van der Waals surface area contributed by atoms with Crippen LogP contribution in [0, 0.1) is 17.6 Å². The fourth-order valence-electron chi connectivity index (χ4n) is 2.48. The first-order chi connectivity index (χ1) is 13.0. The second kappa shape index (κ2) is 9.01. The lowest BCUT2D eigenvalue weighted by molar-refractivity contribution is 0.201. The van der Waals surface area contributed by atoms with E-state index in [4.69, 9.17) is 4.18 Å². The molecule has 0 aliphatic carbocycles. The van der Waals surface area contributed by atoms with Crippen LogP contribution in [0.4, 0.5) is 19.3 Å². The number of benzene rings is 2. The van der Waals surface area contributed by atoms with Gasteiger partial charge < -0.3 is 14.4 Å². The molecule has 2 aromatic carbocycles. The van der Waals surface area contributed by atoms with Crippen molar-refractivity contribution in [3.8, 4) is 5.75 Å². The van der Waals surface area contributed by atoms with Crippen LogP contribution in [0.3, 0.4) is 0 Å². The largest absolute Gasteiger partial charge is 0.383 e. The third-order valence-corrected chi connectivity index (χ3v) is 4.08. The van der Waals surface area contributed by atoms with E-state index in [0.717, 1.165) is 24.0 Å². The molecule has 0 saturated carbocycles. The quantitative estimate of drug-likeness (QED) is 0.698. The van der Waals surface area contributed by atoms with Crippen molar-refractivity contribution >= 4 is 21.8 Å². The van der Waals surface area contributed by atoms with E-state index in [9.17, 15) is 22.0 Å². The van der Waals surface area contributed by atoms with Gasteiger partial charge in [0.05, 0.1) is 6.26 Å². The molecule has 0 heterocycles. The summed E-state index contributed by atoms with van der Waals surface area (Å²) in [6.45, 7) is 4.56. The van der Waals surface area contributed by atoms with Crippen molar-refractivity contribution in [1.29, 1.82) is 0 Å². The summed E-state index contributed by atoms with van der Waals surface area (Å²) in [6.07, 6.45) is 0.952. The van der Waals surface area contributed by atoms with Crippen LogP contribution in [-0.4, -0.2) is 32.1 Å². The molecular formula is C19H22F2N2O4S. The lowest BCUT2D eigenvalue weighted by Gasteiger charge is -2.25. The van der Waals surface area contributed by atoms with E-state index >= 15 is 0 Å². The Kier molecular flexibility index (Phi) is 6.95. The predicted octanol–water partition coefficient (Wildman–Crippen LogP) is 3.99. The number of urea groups is 1. The molecule has 6 nitrogen and oxygen atoms in total. The molecule has 2 amide bonds. The SMILES string of the molecule is CC(C)CN(Cc1ccc(OS(C)(=O)=O)cc1)C(=O)Nc1ccc(F)c(F)c1. The maximum absolute atomic E-state index is 13.3. The number of carbonyl (C=O) groups excluding carboxylic acids is 1. The Labute approximate surface area is 163 Å². The van der Waals surface area contributed by atoms with Gasteiger partial charge in [0.1, 0.15) is 5.75 Å². The summed E-state index contributed by atoms with van der Waals surface area (Å²) < 4.78 is 53.5. The zero-order chi connectivity index (χ0) is 20.9. The molecular weight excluding hydrogens is 390 g/mol. The Hall–Kier alpha value is -2.68. The molecule has 2 aromatic rings. The number of anilines is 1. The second-order valence-corrected chi connectivity index (χ2v) is 8.34. The number of carbonyl (C=O) groups is 1. The molecule has 28 heavy (non-hydrogen) atoms. The van der Waals surface area contributed by atoms with Crippen LogP contribution in [-0.2, 0) is 16.7 Å². The molecule has 2 rings (SSSR count). The Bertz CT molecular complexity index is 931. The maximum atomic E-state index is 13.3. The first-order valence-corrected chi connectivity index (χ1v) is 10.3. The van der Waals surface area contributed by atoms with Gasteiger partial charge in [-0.15, -0.1) is 0 Å². The summed E-state index contributed by atoms with van der Waals surface area (Å²) in [6, 6.07) is 8.97. The highest BCUT2D eigenvalue weighted by Gasteiger charge is 2.17. The van der Waals surface area contributed by atoms with Gasteiger partial charge in [-0.2, -0.15) is 8.42 Å². The Balaban J connectivity index is 2.11. The van der Waals surface area contributed by atoms with E-state index in [1.54, 1.807) is 12.1 Å². The average Bonchev–Trinajstić information content (AvgIpc) is 2.57. The average molecular weight is 412 g/mol. The van der Waals surface area contributed by atoms with Crippen LogP contribution in [0.1, 0.15) is 19.4 Å². The Morgan fingerprint density at radius 1 is 1.11 bits per heavy atom. The summed E-state index contributed by atoms with van der Waals surface area (Å²) in [5, 5.41) is 2.55. The molecule has 0 radical (unpaired) electrons. The van der Waals surface area contributed by atoms with Gasteiger partial charge in [0.25, 0.3) is 0 Å². The summed E-state index contributed by atoms with van der Waals surface area (Å²) in [7, 11) is -3.62. The van der Waals surface area contributed by atoms with Crippen molar-refractivity contribution in [3.63, 3.8) is 0 Å². The van der Waals surface area contributed by atoms with Crippen molar-refractivity contribution in [2.75, 3.05) is 18.1 Å². The number of hydrogen-bond donors (Lipinski definition) is 1. The Morgan fingerprint density at radius 3 is 2.29 bits per heavy atom. The number of nitrogens with one attached hydrogen (secondary N) is 1. The van der Waals surface area contributed by atoms with Gasteiger partial charge in [0.15, 0.2) is 11.6 Å². The molecule has 0 aliphatic rings. The normalized spacial score (nSPS) is 11.4. The van der Waals surface area contributed by atoms with E-state index in [1.165, 1.54) is 23.1 Å². The van der Waals surface area contributed by atoms with Gasteiger partial charge in [-0.1, -0.05) is 26.0 Å². The van der Waals surface area contributed by atoms with Crippen molar-refractivity contribution < 1.29 is 26.2 Å². The van der Waals surface area contributed by atoms with E-state index in [1.807, 2.05) is 13.8 Å². The van der Waals surface area contributed by atoms with Crippen LogP contribution < -0.4 is 9.50 Å². The van der Waals surface area contributed by atoms with Crippen molar-refractivity contribution in [3.05, 3.63) is 59.7 Å². The third kappa shape index (κ3) is 6.80. The first-order valence-electron chi connectivity index (χ1n) is 8.53. The standard InChI is InChI=1S/C19H22F2N2O4S/c1-13(2)11-23(19(24)22-15-6-9-17(20)18(21)10-15)12-14-4-7-16(8-5-14)27-28(3,25)26/h4-10,13H,11-12H2,1-3H3,(H,22,24). The first kappa shape index (κ1) is 21.6. The number of nitrogens with zero attached hydrogens (tertiary/aromatic N) is 1. The minimum atomic E-state index is -3.62. The monoisotopic (exact) mass is 412 g/mol. The van der Waals surface area contributed by atoms with Gasteiger partial charge in [-0.05, 0) is 35.7 Å². The molecule has 0 aromatic heterocycles. The van der Waals surface area contributed by atoms with Crippen LogP contribution in [0.15, 0.2) is 42.5 Å². The van der Waals surface area contributed by atoms with E-state index in [0.29, 0.717) is 6.54 Å². The Morgan fingerprint density at radius 2 is 1.75 bits per heavy atom. The summed E-state index contributed by atoms with van der Waals surface area (Å²) >= 11 is 0. The van der Waals surface area contributed by atoms with E-state index in [-0.39, 0.29) is 23.9 Å². The molecule has 0 spiro atoms. The summed E-state index contributed by atoms with van der Waals surface area (Å²) in [5.41, 5.74) is 0.900. The summed E-state index contributed by atoms with van der Waals surface area (Å²) in [5.74, 6) is -1.69.